The van der Waals surface area contributed by atoms with Gasteiger partial charge in [-0.05, 0) is 6.92 Å². The van der Waals surface area contributed by atoms with E-state index in [1.807, 2.05) is 6.92 Å². The number of ether oxygens (including phenoxy) is 1. The van der Waals surface area contributed by atoms with Crippen molar-refractivity contribution in [3.63, 3.8) is 0 Å². The maximum atomic E-state index is 11.6. The van der Waals surface area contributed by atoms with Crippen LogP contribution in [0.4, 0.5) is 8.78 Å². The van der Waals surface area contributed by atoms with Crippen LogP contribution in [-0.2, 0) is 6.54 Å². The highest BCUT2D eigenvalue weighted by atomic mass is 19.3. The fourth-order valence-corrected chi connectivity index (χ4v) is 0.681. The molecule has 0 spiro atoms. The van der Waals surface area contributed by atoms with Gasteiger partial charge in [-0.15, -0.1) is 0 Å². The summed E-state index contributed by atoms with van der Waals surface area (Å²) >= 11 is 0. The molecule has 1 aromatic heterocycles. The van der Waals surface area contributed by atoms with Crippen LogP contribution in [0.1, 0.15) is 6.92 Å². The lowest BCUT2D eigenvalue weighted by molar-refractivity contribution is -0.0499. The molecule has 1 rings (SSSR count). The van der Waals surface area contributed by atoms with Crippen molar-refractivity contribution in [1.82, 2.24) is 9.78 Å². The topological polar surface area (TPSA) is 27.1 Å². The molecule has 0 radical (unpaired) electrons. The van der Waals surface area contributed by atoms with Gasteiger partial charge in [0, 0.05) is 6.54 Å². The lowest BCUT2D eigenvalue weighted by atomic mass is 10.6. The molecule has 0 bridgehead atoms. The number of aryl methyl sites for hydroxylation is 1. The fraction of sp³-hybridized carbons (Fsp3) is 0.500. The molecular formula is C6H8F2N2O. The molecule has 1 heterocycles. The van der Waals surface area contributed by atoms with E-state index in [1.54, 1.807) is 0 Å². The van der Waals surface area contributed by atoms with Gasteiger partial charge in [-0.25, -0.2) is 0 Å². The summed E-state index contributed by atoms with van der Waals surface area (Å²) in [6.45, 7) is -0.268. The molecule has 0 N–H and O–H groups in total. The van der Waals surface area contributed by atoms with E-state index in [1.165, 1.54) is 17.1 Å². The minimum absolute atomic E-state index is 0.0989. The highest BCUT2D eigenvalue weighted by molar-refractivity contribution is 5.11. The first-order valence-corrected chi connectivity index (χ1v) is 3.19. The number of hydrogen-bond donors (Lipinski definition) is 0. The van der Waals surface area contributed by atoms with Gasteiger partial charge in [0.2, 0.25) is 0 Å². The molecule has 1 aromatic rings. The minimum atomic E-state index is -2.77. The number of hydrogen-bond acceptors (Lipinski definition) is 2. The lowest BCUT2D eigenvalue weighted by Crippen LogP contribution is -2.00. The normalized spacial score (nSPS) is 10.5. The maximum absolute atomic E-state index is 11.6. The Morgan fingerprint density at radius 2 is 2.45 bits per heavy atom. The molecule has 11 heavy (non-hydrogen) atoms. The van der Waals surface area contributed by atoms with E-state index < -0.39 is 6.61 Å². The molecule has 0 aromatic carbocycles. The van der Waals surface area contributed by atoms with Crippen LogP contribution in [-0.4, -0.2) is 16.4 Å². The SMILES string of the molecule is CCn1cc(OC(F)F)cn1. The minimum Gasteiger partial charge on any atom is -0.431 e. The Morgan fingerprint density at radius 3 is 2.91 bits per heavy atom. The van der Waals surface area contributed by atoms with Crippen LogP contribution in [0.25, 0.3) is 0 Å². The summed E-state index contributed by atoms with van der Waals surface area (Å²) in [5.74, 6) is 0.0989. The summed E-state index contributed by atoms with van der Waals surface area (Å²) in [5, 5.41) is 3.75. The van der Waals surface area contributed by atoms with Crippen LogP contribution in [0.5, 0.6) is 5.75 Å². The Balaban J connectivity index is 2.58. The Morgan fingerprint density at radius 1 is 1.73 bits per heavy atom. The van der Waals surface area contributed by atoms with Crippen LogP contribution in [0, 0.1) is 0 Å². The van der Waals surface area contributed by atoms with Gasteiger partial charge in [-0.2, -0.15) is 13.9 Å². The zero-order chi connectivity index (χ0) is 8.27. The second kappa shape index (κ2) is 3.32. The van der Waals surface area contributed by atoms with E-state index in [4.69, 9.17) is 0 Å². The van der Waals surface area contributed by atoms with E-state index in [9.17, 15) is 8.78 Å². The molecule has 5 heteroatoms. The average molecular weight is 162 g/mol. The van der Waals surface area contributed by atoms with Crippen molar-refractivity contribution in [3.05, 3.63) is 12.4 Å². The Bertz CT molecular complexity index is 224. The van der Waals surface area contributed by atoms with E-state index in [2.05, 4.69) is 9.84 Å². The summed E-state index contributed by atoms with van der Waals surface area (Å²) < 4.78 is 28.7. The van der Waals surface area contributed by atoms with Crippen LogP contribution >= 0.6 is 0 Å². The quantitative estimate of drug-likeness (QED) is 0.673. The van der Waals surface area contributed by atoms with Gasteiger partial charge >= 0.3 is 6.61 Å². The van der Waals surface area contributed by atoms with Crippen LogP contribution in [0.15, 0.2) is 12.4 Å². The highest BCUT2D eigenvalue weighted by Gasteiger charge is 2.05. The van der Waals surface area contributed by atoms with Gasteiger partial charge in [0.1, 0.15) is 0 Å². The monoisotopic (exact) mass is 162 g/mol. The first-order chi connectivity index (χ1) is 5.22. The van der Waals surface area contributed by atoms with E-state index >= 15 is 0 Å². The second-order valence-electron chi connectivity index (χ2n) is 1.91. The summed E-state index contributed by atoms with van der Waals surface area (Å²) in [6.07, 6.45) is 2.68. The number of aromatic nitrogens is 2. The van der Waals surface area contributed by atoms with Crippen molar-refractivity contribution in [2.24, 2.45) is 0 Å². The molecule has 0 aliphatic rings. The van der Waals surface area contributed by atoms with Gasteiger partial charge in [0.05, 0.1) is 12.4 Å². The summed E-state index contributed by atoms with van der Waals surface area (Å²) in [6, 6.07) is 0. The lowest BCUT2D eigenvalue weighted by Gasteiger charge is -1.97. The van der Waals surface area contributed by atoms with Crippen LogP contribution in [0.3, 0.4) is 0 Å². The molecule has 0 atom stereocenters. The summed E-state index contributed by atoms with van der Waals surface area (Å²) in [4.78, 5) is 0. The summed E-state index contributed by atoms with van der Waals surface area (Å²) in [7, 11) is 0. The van der Waals surface area contributed by atoms with Crippen LogP contribution < -0.4 is 4.74 Å². The van der Waals surface area contributed by atoms with Gasteiger partial charge < -0.3 is 4.74 Å². The fourth-order valence-electron chi connectivity index (χ4n) is 0.681. The van der Waals surface area contributed by atoms with Crippen molar-refractivity contribution in [1.29, 1.82) is 0 Å². The summed E-state index contributed by atoms with van der Waals surface area (Å²) in [5.41, 5.74) is 0. The Hall–Kier alpha value is -1.13. The number of nitrogens with zero attached hydrogens (tertiary/aromatic N) is 2. The largest absolute Gasteiger partial charge is 0.431 e. The molecule has 0 saturated carbocycles. The third-order valence-electron chi connectivity index (χ3n) is 1.16. The molecule has 0 saturated heterocycles. The average Bonchev–Trinajstić information content (AvgIpc) is 2.34. The standard InChI is InChI=1S/C6H8F2N2O/c1-2-10-4-5(3-9-10)11-6(7)8/h3-4,6H,2H2,1H3. The maximum Gasteiger partial charge on any atom is 0.387 e. The Labute approximate surface area is 62.6 Å². The van der Waals surface area contributed by atoms with Gasteiger partial charge in [0.25, 0.3) is 0 Å². The molecule has 0 fully saturated rings. The van der Waals surface area contributed by atoms with Gasteiger partial charge in [-0.1, -0.05) is 0 Å². The molecule has 62 valence electrons. The van der Waals surface area contributed by atoms with Crippen LogP contribution in [0.2, 0.25) is 0 Å². The van der Waals surface area contributed by atoms with Gasteiger partial charge in [-0.3, -0.25) is 4.68 Å². The predicted molar refractivity (Wildman–Crippen MR) is 34.5 cm³/mol. The zero-order valence-corrected chi connectivity index (χ0v) is 6.00. The van der Waals surface area contributed by atoms with Crippen molar-refractivity contribution in [3.8, 4) is 5.75 Å². The molecule has 0 amide bonds. The van der Waals surface area contributed by atoms with E-state index in [-0.39, 0.29) is 5.75 Å². The zero-order valence-electron chi connectivity index (χ0n) is 6.00. The molecule has 0 aliphatic carbocycles. The van der Waals surface area contributed by atoms with Gasteiger partial charge in [0.15, 0.2) is 5.75 Å². The van der Waals surface area contributed by atoms with Crippen molar-refractivity contribution < 1.29 is 13.5 Å². The smallest absolute Gasteiger partial charge is 0.387 e. The number of halogens is 2. The van der Waals surface area contributed by atoms with Crippen molar-refractivity contribution in [2.45, 2.75) is 20.1 Å². The molecule has 3 nitrogen and oxygen atoms in total. The first-order valence-electron chi connectivity index (χ1n) is 3.19. The molecule has 0 aliphatic heterocycles. The Kier molecular flexibility index (Phi) is 2.40. The van der Waals surface area contributed by atoms with E-state index in [0.29, 0.717) is 6.54 Å². The number of rotatable bonds is 3. The first kappa shape index (κ1) is 7.97. The second-order valence-corrected chi connectivity index (χ2v) is 1.91. The van der Waals surface area contributed by atoms with Crippen molar-refractivity contribution >= 4 is 0 Å². The number of alkyl halides is 2. The molecule has 0 unspecified atom stereocenters. The molecular weight excluding hydrogens is 154 g/mol. The highest BCUT2D eigenvalue weighted by Crippen LogP contribution is 2.11. The third kappa shape index (κ3) is 2.18. The van der Waals surface area contributed by atoms with E-state index in [0.717, 1.165) is 0 Å². The predicted octanol–water partition coefficient (Wildman–Crippen LogP) is 1.50. The third-order valence-corrected chi connectivity index (χ3v) is 1.16. The van der Waals surface area contributed by atoms with Crippen molar-refractivity contribution in [2.75, 3.05) is 0 Å².